The third-order valence-electron chi connectivity index (χ3n) is 6.32. The van der Waals surface area contributed by atoms with Crippen molar-refractivity contribution in [2.45, 2.75) is 174 Å². The second-order valence-corrected chi connectivity index (χ2v) is 14.0. The molecule has 2 atom stereocenters. The zero-order chi connectivity index (χ0) is 38.2. The van der Waals surface area contributed by atoms with Gasteiger partial charge in [0.15, 0.2) is 11.6 Å². The summed E-state index contributed by atoms with van der Waals surface area (Å²) in [5.41, 5.74) is 10.3. The minimum absolute atomic E-state index is 0.143. The smallest absolute Gasteiger partial charge is 0.152 e. The Bertz CT molecular complexity index is 1020. The molecule has 0 heterocycles. The molecule has 0 amide bonds. The fraction of sp³-hybridized carbons (Fsp3) is 0.591. The molecular formula is C44H76O4. The molecule has 0 aromatic heterocycles. The Balaban J connectivity index is -0.000000269. The largest absolute Gasteiger partial charge is 0.389 e. The zero-order valence-electron chi connectivity index (χ0n) is 34.1. The lowest BCUT2D eigenvalue weighted by Gasteiger charge is -2.00. The van der Waals surface area contributed by atoms with Crippen molar-refractivity contribution in [3.63, 3.8) is 0 Å². The van der Waals surface area contributed by atoms with Crippen molar-refractivity contribution in [1.29, 1.82) is 0 Å². The molecule has 2 unspecified atom stereocenters. The molecule has 0 saturated carbocycles. The number of aliphatic hydroxyl groups is 2. The van der Waals surface area contributed by atoms with Crippen molar-refractivity contribution >= 4 is 11.6 Å². The third-order valence-corrected chi connectivity index (χ3v) is 6.32. The van der Waals surface area contributed by atoms with Gasteiger partial charge in [0.2, 0.25) is 0 Å². The molecule has 0 aliphatic rings. The van der Waals surface area contributed by atoms with Crippen LogP contribution < -0.4 is 0 Å². The molecule has 0 bridgehead atoms. The summed E-state index contributed by atoms with van der Waals surface area (Å²) in [6.07, 6.45) is 23.8. The standard InChI is InChI=1S/2C11H20O.2C11H18O/c4*1-9(2)6-5-7-10(3)8-11(4)12/h2*6,8,11-12H,5,7H2,1-4H3;2*6,8H,5,7H2,1-4H3/b10-8+;10-8-;10-8+;10-8-. The molecule has 0 rings (SSSR count). The number of aliphatic hydroxyl groups excluding tert-OH is 2. The van der Waals surface area contributed by atoms with Gasteiger partial charge in [-0.3, -0.25) is 9.59 Å². The van der Waals surface area contributed by atoms with Crippen molar-refractivity contribution in [2.24, 2.45) is 0 Å². The molecule has 4 nitrogen and oxygen atoms in total. The van der Waals surface area contributed by atoms with E-state index < -0.39 is 0 Å². The second-order valence-electron chi connectivity index (χ2n) is 14.0. The van der Waals surface area contributed by atoms with Crippen LogP contribution in [0.4, 0.5) is 0 Å². The van der Waals surface area contributed by atoms with Crippen LogP contribution in [0.2, 0.25) is 0 Å². The summed E-state index contributed by atoms with van der Waals surface area (Å²) in [7, 11) is 0. The molecule has 0 spiro atoms. The fourth-order valence-corrected chi connectivity index (χ4v) is 4.18. The summed E-state index contributed by atoms with van der Waals surface area (Å²) in [6, 6.07) is 0. The topological polar surface area (TPSA) is 74.6 Å². The first-order valence-corrected chi connectivity index (χ1v) is 17.7. The number of hydrogen-bond donors (Lipinski definition) is 2. The predicted octanol–water partition coefficient (Wildman–Crippen LogP) is 12.7. The molecule has 4 heteroatoms. The summed E-state index contributed by atoms with van der Waals surface area (Å²) < 4.78 is 0. The number of hydrogen-bond acceptors (Lipinski definition) is 4. The maximum absolute atomic E-state index is 10.7. The lowest BCUT2D eigenvalue weighted by atomic mass is 10.1. The number of carbonyl (C=O) groups excluding carboxylic acids is 2. The number of carbonyl (C=O) groups is 2. The van der Waals surface area contributed by atoms with E-state index in [4.69, 9.17) is 10.2 Å². The summed E-state index contributed by atoms with van der Waals surface area (Å²) in [4.78, 5) is 21.3. The maximum atomic E-state index is 10.7. The minimum atomic E-state index is -0.309. The lowest BCUT2D eigenvalue weighted by molar-refractivity contribution is -0.113. The van der Waals surface area contributed by atoms with Gasteiger partial charge < -0.3 is 10.2 Å². The van der Waals surface area contributed by atoms with Crippen molar-refractivity contribution < 1.29 is 19.8 Å². The maximum Gasteiger partial charge on any atom is 0.152 e. The third kappa shape index (κ3) is 55.6. The van der Waals surface area contributed by atoms with Gasteiger partial charge in [-0.25, -0.2) is 0 Å². The Labute approximate surface area is 298 Å². The van der Waals surface area contributed by atoms with E-state index in [0.29, 0.717) is 0 Å². The zero-order valence-corrected chi connectivity index (χ0v) is 34.1. The molecule has 48 heavy (non-hydrogen) atoms. The van der Waals surface area contributed by atoms with Crippen LogP contribution in [0.3, 0.4) is 0 Å². The lowest BCUT2D eigenvalue weighted by Crippen LogP contribution is -1.94. The molecule has 0 aliphatic carbocycles. The van der Waals surface area contributed by atoms with E-state index in [1.807, 2.05) is 26.0 Å². The Kier molecular flexibility index (Phi) is 36.9. The number of rotatable bonds is 16. The second kappa shape index (κ2) is 34.1. The van der Waals surface area contributed by atoms with Crippen LogP contribution in [0.25, 0.3) is 0 Å². The molecule has 0 saturated heterocycles. The summed E-state index contributed by atoms with van der Waals surface area (Å²) in [5, 5.41) is 18.1. The SMILES string of the molecule is CC(=O)/C=C(/C)CCC=C(C)C.CC(=O)/C=C(\C)CCC=C(C)C.CC(C)=CCC/C(C)=C/C(C)O.CC(C)=CCC/C(C)=C\C(C)O. The molecule has 2 N–H and O–H groups in total. The van der Waals surface area contributed by atoms with Gasteiger partial charge in [-0.05, 0) is 174 Å². The van der Waals surface area contributed by atoms with E-state index in [1.54, 1.807) is 39.8 Å². The van der Waals surface area contributed by atoms with Gasteiger partial charge in [0.1, 0.15) is 0 Å². The van der Waals surface area contributed by atoms with E-state index in [0.717, 1.165) is 51.4 Å². The molecule has 0 aromatic rings. The highest BCUT2D eigenvalue weighted by Gasteiger charge is 1.94. The van der Waals surface area contributed by atoms with Crippen molar-refractivity contribution in [3.05, 3.63) is 93.2 Å². The van der Waals surface area contributed by atoms with Crippen LogP contribution >= 0.6 is 0 Å². The van der Waals surface area contributed by atoms with Crippen LogP contribution in [-0.4, -0.2) is 34.0 Å². The van der Waals surface area contributed by atoms with Gasteiger partial charge in [0.05, 0.1) is 12.2 Å². The Hall–Kier alpha value is -2.82. The highest BCUT2D eigenvalue weighted by atomic mass is 16.3. The van der Waals surface area contributed by atoms with E-state index in [-0.39, 0.29) is 23.8 Å². The summed E-state index contributed by atoms with van der Waals surface area (Å²) in [5.74, 6) is 0.286. The average molecular weight is 669 g/mol. The van der Waals surface area contributed by atoms with Gasteiger partial charge in [0.25, 0.3) is 0 Å². The fourth-order valence-electron chi connectivity index (χ4n) is 4.18. The van der Waals surface area contributed by atoms with Crippen LogP contribution in [0.15, 0.2) is 93.2 Å². The molecule has 276 valence electrons. The van der Waals surface area contributed by atoms with Gasteiger partial charge in [0, 0.05) is 0 Å². The summed E-state index contributed by atoms with van der Waals surface area (Å²) >= 11 is 0. The number of ketones is 2. The normalized spacial score (nSPS) is 12.7. The highest BCUT2D eigenvalue weighted by Crippen LogP contribution is 2.09. The van der Waals surface area contributed by atoms with E-state index in [9.17, 15) is 9.59 Å². The molecule has 0 aromatic carbocycles. The van der Waals surface area contributed by atoms with Gasteiger partial charge in [-0.15, -0.1) is 0 Å². The van der Waals surface area contributed by atoms with Crippen molar-refractivity contribution in [1.82, 2.24) is 0 Å². The van der Waals surface area contributed by atoms with Gasteiger partial charge >= 0.3 is 0 Å². The van der Waals surface area contributed by atoms with E-state index in [1.165, 1.54) is 44.6 Å². The van der Waals surface area contributed by atoms with E-state index in [2.05, 4.69) is 93.5 Å². The van der Waals surface area contributed by atoms with Crippen molar-refractivity contribution in [2.75, 3.05) is 0 Å². The minimum Gasteiger partial charge on any atom is -0.389 e. The van der Waals surface area contributed by atoms with Crippen LogP contribution in [0.1, 0.15) is 162 Å². The Morgan fingerprint density at radius 3 is 0.792 bits per heavy atom. The molecule has 0 fully saturated rings. The Morgan fingerprint density at radius 2 is 0.625 bits per heavy atom. The van der Waals surface area contributed by atoms with Crippen LogP contribution in [0.5, 0.6) is 0 Å². The van der Waals surface area contributed by atoms with E-state index >= 15 is 0 Å². The van der Waals surface area contributed by atoms with Crippen LogP contribution in [0, 0.1) is 0 Å². The first-order chi connectivity index (χ1) is 22.1. The molecule has 0 radical (unpaired) electrons. The van der Waals surface area contributed by atoms with Gasteiger partial charge in [-0.1, -0.05) is 81.0 Å². The first-order valence-electron chi connectivity index (χ1n) is 17.7. The molecular weight excluding hydrogens is 592 g/mol. The quantitative estimate of drug-likeness (QED) is 0.127. The number of allylic oxidation sites excluding steroid dienone is 14. The average Bonchev–Trinajstić information content (AvgIpc) is 2.87. The highest BCUT2D eigenvalue weighted by molar-refractivity contribution is 5.88. The van der Waals surface area contributed by atoms with Crippen molar-refractivity contribution in [3.8, 4) is 0 Å². The first kappa shape index (κ1) is 52.0. The van der Waals surface area contributed by atoms with Crippen LogP contribution in [-0.2, 0) is 9.59 Å². The van der Waals surface area contributed by atoms with Gasteiger partial charge in [-0.2, -0.15) is 0 Å². The monoisotopic (exact) mass is 669 g/mol. The Morgan fingerprint density at radius 1 is 0.417 bits per heavy atom. The summed E-state index contributed by atoms with van der Waals surface area (Å²) in [6.45, 7) is 31.6. The molecule has 0 aliphatic heterocycles. The predicted molar refractivity (Wildman–Crippen MR) is 214 cm³/mol.